The van der Waals surface area contributed by atoms with Crippen LogP contribution in [0.4, 0.5) is 5.69 Å². The average Bonchev–Trinajstić information content (AvgIpc) is 2.65. The van der Waals surface area contributed by atoms with Gasteiger partial charge >= 0.3 is 0 Å². The van der Waals surface area contributed by atoms with E-state index in [1.807, 2.05) is 36.4 Å². The van der Waals surface area contributed by atoms with E-state index in [0.717, 1.165) is 10.8 Å². The summed E-state index contributed by atoms with van der Waals surface area (Å²) >= 11 is 0. The molecule has 7 heteroatoms. The molecule has 7 nitrogen and oxygen atoms in total. The number of rotatable bonds is 6. The van der Waals surface area contributed by atoms with Crippen molar-refractivity contribution in [1.29, 1.82) is 0 Å². The van der Waals surface area contributed by atoms with Crippen molar-refractivity contribution in [1.82, 2.24) is 5.32 Å². The molecule has 0 atom stereocenters. The smallest absolute Gasteiger partial charge is 0.270 e. The predicted octanol–water partition coefficient (Wildman–Crippen LogP) is 3.15. The molecule has 0 heterocycles. The fourth-order valence-electron chi connectivity index (χ4n) is 2.48. The number of ether oxygens (including phenoxy) is 1. The molecule has 3 aromatic rings. The third-order valence-corrected chi connectivity index (χ3v) is 3.84. The second-order valence-electron chi connectivity index (χ2n) is 5.64. The molecule has 0 aromatic heterocycles. The summed E-state index contributed by atoms with van der Waals surface area (Å²) in [6, 6.07) is 17.0. The van der Waals surface area contributed by atoms with Gasteiger partial charge in [0.05, 0.1) is 4.92 Å². The standard InChI is InChI=1S/C19H16N2O5/c22-18-8-6-16(21(24)25)9-15(18)11-20-19(23)12-26-17-7-5-13-3-1-2-4-14(13)10-17/h1-10,22H,11-12H2,(H,20,23). The van der Waals surface area contributed by atoms with Gasteiger partial charge in [-0.25, -0.2) is 0 Å². The lowest BCUT2D eigenvalue weighted by atomic mass is 10.1. The second-order valence-corrected chi connectivity index (χ2v) is 5.64. The van der Waals surface area contributed by atoms with E-state index in [9.17, 15) is 20.0 Å². The first kappa shape index (κ1) is 17.2. The number of amides is 1. The molecule has 0 bridgehead atoms. The molecular weight excluding hydrogens is 336 g/mol. The van der Waals surface area contributed by atoms with Crippen LogP contribution in [0.15, 0.2) is 60.7 Å². The lowest BCUT2D eigenvalue weighted by Crippen LogP contribution is -2.28. The summed E-state index contributed by atoms with van der Waals surface area (Å²) < 4.78 is 5.47. The molecule has 0 aliphatic rings. The van der Waals surface area contributed by atoms with Gasteiger partial charge in [-0.2, -0.15) is 0 Å². The first-order valence-corrected chi connectivity index (χ1v) is 7.87. The quantitative estimate of drug-likeness (QED) is 0.524. The number of carbonyl (C=O) groups is 1. The molecule has 132 valence electrons. The van der Waals surface area contributed by atoms with Crippen LogP contribution in [0.5, 0.6) is 11.5 Å². The Kier molecular flexibility index (Phi) is 4.98. The molecule has 2 N–H and O–H groups in total. The van der Waals surface area contributed by atoms with Crippen LogP contribution in [-0.4, -0.2) is 22.5 Å². The van der Waals surface area contributed by atoms with Gasteiger partial charge in [-0.15, -0.1) is 0 Å². The largest absolute Gasteiger partial charge is 0.508 e. The Morgan fingerprint density at radius 2 is 1.85 bits per heavy atom. The highest BCUT2D eigenvalue weighted by Crippen LogP contribution is 2.23. The van der Waals surface area contributed by atoms with Crippen LogP contribution >= 0.6 is 0 Å². The summed E-state index contributed by atoms with van der Waals surface area (Å²) in [5.74, 6) is 0.0486. The van der Waals surface area contributed by atoms with Gasteiger partial charge in [0.1, 0.15) is 11.5 Å². The zero-order chi connectivity index (χ0) is 18.5. The van der Waals surface area contributed by atoms with Crippen LogP contribution < -0.4 is 10.1 Å². The van der Waals surface area contributed by atoms with Crippen molar-refractivity contribution < 1.29 is 19.6 Å². The van der Waals surface area contributed by atoms with Crippen molar-refractivity contribution in [2.45, 2.75) is 6.54 Å². The van der Waals surface area contributed by atoms with Gasteiger partial charge in [0.25, 0.3) is 11.6 Å². The Balaban J connectivity index is 1.57. The van der Waals surface area contributed by atoms with Gasteiger partial charge < -0.3 is 15.2 Å². The summed E-state index contributed by atoms with van der Waals surface area (Å²) in [7, 11) is 0. The number of benzene rings is 3. The number of phenols is 1. The van der Waals surface area contributed by atoms with Crippen molar-refractivity contribution in [2.24, 2.45) is 0 Å². The Morgan fingerprint density at radius 3 is 2.62 bits per heavy atom. The van der Waals surface area contributed by atoms with Crippen LogP contribution in [0.1, 0.15) is 5.56 Å². The highest BCUT2D eigenvalue weighted by Gasteiger charge is 2.11. The Hall–Kier alpha value is -3.61. The molecule has 1 amide bonds. The van der Waals surface area contributed by atoms with Gasteiger partial charge in [0.15, 0.2) is 6.61 Å². The number of carbonyl (C=O) groups excluding carboxylic acids is 1. The van der Waals surface area contributed by atoms with E-state index in [1.54, 1.807) is 6.07 Å². The second kappa shape index (κ2) is 7.52. The summed E-state index contributed by atoms with van der Waals surface area (Å²) in [5.41, 5.74) is 0.109. The van der Waals surface area contributed by atoms with Gasteiger partial charge in [-0.05, 0) is 29.0 Å². The number of nitro groups is 1. The minimum atomic E-state index is -0.562. The lowest BCUT2D eigenvalue weighted by molar-refractivity contribution is -0.384. The maximum Gasteiger partial charge on any atom is 0.270 e. The Bertz CT molecular complexity index is 971. The SMILES string of the molecule is O=C(COc1ccc2ccccc2c1)NCc1cc([N+](=O)[O-])ccc1O. The zero-order valence-electron chi connectivity index (χ0n) is 13.7. The summed E-state index contributed by atoms with van der Waals surface area (Å²) in [4.78, 5) is 22.1. The van der Waals surface area contributed by atoms with Gasteiger partial charge in [0.2, 0.25) is 0 Å². The number of nitro benzene ring substituents is 1. The van der Waals surface area contributed by atoms with E-state index >= 15 is 0 Å². The molecular formula is C19H16N2O5. The predicted molar refractivity (Wildman–Crippen MR) is 96.1 cm³/mol. The molecule has 0 unspecified atom stereocenters. The number of nitrogens with one attached hydrogen (secondary N) is 1. The van der Waals surface area contributed by atoms with Crippen LogP contribution in [0.3, 0.4) is 0 Å². The van der Waals surface area contributed by atoms with E-state index in [4.69, 9.17) is 4.74 Å². The highest BCUT2D eigenvalue weighted by molar-refractivity contribution is 5.84. The summed E-state index contributed by atoms with van der Waals surface area (Å²) in [5, 5.41) is 25.2. The van der Waals surface area contributed by atoms with Crippen LogP contribution in [0.2, 0.25) is 0 Å². The van der Waals surface area contributed by atoms with E-state index in [0.29, 0.717) is 5.75 Å². The van der Waals surface area contributed by atoms with Crippen molar-refractivity contribution in [3.63, 3.8) is 0 Å². The number of nitrogens with zero attached hydrogens (tertiary/aromatic N) is 1. The van der Waals surface area contributed by atoms with Crippen molar-refractivity contribution >= 4 is 22.4 Å². The summed E-state index contributed by atoms with van der Waals surface area (Å²) in [6.45, 7) is -0.235. The maximum atomic E-state index is 11.9. The fourth-order valence-corrected chi connectivity index (χ4v) is 2.48. The lowest BCUT2D eigenvalue weighted by Gasteiger charge is -2.09. The van der Waals surface area contributed by atoms with Crippen LogP contribution in [-0.2, 0) is 11.3 Å². The van der Waals surface area contributed by atoms with E-state index in [1.165, 1.54) is 18.2 Å². The van der Waals surface area contributed by atoms with Crippen LogP contribution in [0, 0.1) is 10.1 Å². The number of non-ortho nitro benzene ring substituents is 1. The number of aromatic hydroxyl groups is 1. The van der Waals surface area contributed by atoms with Crippen LogP contribution in [0.25, 0.3) is 10.8 Å². The average molecular weight is 352 g/mol. The number of hydrogen-bond acceptors (Lipinski definition) is 5. The van der Waals surface area contributed by atoms with Gasteiger partial charge in [-0.3, -0.25) is 14.9 Å². The molecule has 0 fully saturated rings. The molecule has 0 radical (unpaired) electrons. The molecule has 0 aliphatic carbocycles. The number of hydrogen-bond donors (Lipinski definition) is 2. The first-order valence-electron chi connectivity index (χ1n) is 7.87. The van der Waals surface area contributed by atoms with E-state index in [-0.39, 0.29) is 30.2 Å². The minimum Gasteiger partial charge on any atom is -0.508 e. The van der Waals surface area contributed by atoms with Gasteiger partial charge in [0, 0.05) is 24.2 Å². The Morgan fingerprint density at radius 1 is 1.08 bits per heavy atom. The molecule has 3 aromatic carbocycles. The fraction of sp³-hybridized carbons (Fsp3) is 0.105. The van der Waals surface area contributed by atoms with Crippen molar-refractivity contribution in [2.75, 3.05) is 6.61 Å². The summed E-state index contributed by atoms with van der Waals surface area (Å²) in [6.07, 6.45) is 0. The zero-order valence-corrected chi connectivity index (χ0v) is 13.7. The third kappa shape index (κ3) is 4.07. The first-order chi connectivity index (χ1) is 12.5. The van der Waals surface area contributed by atoms with Crippen molar-refractivity contribution in [3.05, 3.63) is 76.3 Å². The maximum absolute atomic E-state index is 11.9. The molecule has 26 heavy (non-hydrogen) atoms. The van der Waals surface area contributed by atoms with E-state index < -0.39 is 10.8 Å². The topological polar surface area (TPSA) is 102 Å². The molecule has 3 rings (SSSR count). The normalized spacial score (nSPS) is 10.5. The Labute approximate surface area is 149 Å². The van der Waals surface area contributed by atoms with E-state index in [2.05, 4.69) is 5.32 Å². The van der Waals surface area contributed by atoms with Gasteiger partial charge in [-0.1, -0.05) is 30.3 Å². The molecule has 0 saturated carbocycles. The number of fused-ring (bicyclic) bond motifs is 1. The number of phenolic OH excluding ortho intramolecular Hbond substituents is 1. The highest BCUT2D eigenvalue weighted by atomic mass is 16.6. The molecule has 0 saturated heterocycles. The third-order valence-electron chi connectivity index (χ3n) is 3.84. The molecule has 0 aliphatic heterocycles. The monoisotopic (exact) mass is 352 g/mol. The molecule has 0 spiro atoms. The van der Waals surface area contributed by atoms with Crippen molar-refractivity contribution in [3.8, 4) is 11.5 Å². The minimum absolute atomic E-state index is 0.0343.